The molecule has 2 heterocycles. The summed E-state index contributed by atoms with van der Waals surface area (Å²) in [5.41, 5.74) is 4.25. The van der Waals surface area contributed by atoms with Crippen molar-refractivity contribution in [3.63, 3.8) is 0 Å². The van der Waals surface area contributed by atoms with Gasteiger partial charge < -0.3 is 15.4 Å². The van der Waals surface area contributed by atoms with Crippen LogP contribution in [-0.2, 0) is 0 Å². The van der Waals surface area contributed by atoms with Crippen LogP contribution in [0.25, 0.3) is 10.9 Å². The van der Waals surface area contributed by atoms with E-state index in [9.17, 15) is 0 Å². The van der Waals surface area contributed by atoms with E-state index in [0.717, 1.165) is 52.5 Å². The fourth-order valence-electron chi connectivity index (χ4n) is 2.54. The first-order chi connectivity index (χ1) is 9.70. The summed E-state index contributed by atoms with van der Waals surface area (Å²) in [5, 5.41) is 7.62. The number of guanidine groups is 1. The number of nitrogens with one attached hydrogen (secondary N) is 2. The van der Waals surface area contributed by atoms with Crippen LogP contribution in [0.2, 0.25) is 0 Å². The molecule has 20 heavy (non-hydrogen) atoms. The summed E-state index contributed by atoms with van der Waals surface area (Å²) in [6.07, 6.45) is 1.78. The van der Waals surface area contributed by atoms with Crippen LogP contribution in [0.1, 0.15) is 11.1 Å². The molecule has 0 aliphatic carbocycles. The number of aryl methyl sites for hydroxylation is 2. The Morgan fingerprint density at radius 2 is 2.20 bits per heavy atom. The summed E-state index contributed by atoms with van der Waals surface area (Å²) in [7, 11) is 1.69. The van der Waals surface area contributed by atoms with E-state index in [4.69, 9.17) is 4.74 Å². The van der Waals surface area contributed by atoms with Crippen molar-refractivity contribution in [2.45, 2.75) is 13.8 Å². The van der Waals surface area contributed by atoms with Gasteiger partial charge in [-0.15, -0.1) is 0 Å². The number of fused-ring (bicyclic) bond motifs is 1. The van der Waals surface area contributed by atoms with Gasteiger partial charge >= 0.3 is 0 Å². The lowest BCUT2D eigenvalue weighted by Gasteiger charge is -2.15. The van der Waals surface area contributed by atoms with E-state index in [1.807, 2.05) is 6.07 Å². The van der Waals surface area contributed by atoms with Gasteiger partial charge in [0.05, 0.1) is 19.2 Å². The predicted molar refractivity (Wildman–Crippen MR) is 81.7 cm³/mol. The molecule has 2 N–H and O–H groups in total. The molecule has 0 fully saturated rings. The third-order valence-electron chi connectivity index (χ3n) is 3.57. The van der Waals surface area contributed by atoms with Crippen LogP contribution < -0.4 is 15.4 Å². The highest BCUT2D eigenvalue weighted by Crippen LogP contribution is 2.33. The Morgan fingerprint density at radius 3 is 2.90 bits per heavy atom. The van der Waals surface area contributed by atoms with Crippen molar-refractivity contribution in [3.8, 4) is 5.75 Å². The standard InChI is InChI=1S/C15H18N4O/c1-9-8-11(19-15-17-6-7-18-15)10(2)13-12(20-3)4-5-16-14(9)13/h4-5,8H,6-7H2,1-3H3,(H2,17,18,19). The van der Waals surface area contributed by atoms with E-state index < -0.39 is 0 Å². The molecular weight excluding hydrogens is 252 g/mol. The van der Waals surface area contributed by atoms with E-state index in [-0.39, 0.29) is 0 Å². The zero-order chi connectivity index (χ0) is 14.1. The number of ether oxygens (including phenoxy) is 1. The van der Waals surface area contributed by atoms with Crippen molar-refractivity contribution < 1.29 is 4.74 Å². The number of benzene rings is 1. The van der Waals surface area contributed by atoms with Crippen molar-refractivity contribution in [3.05, 3.63) is 29.5 Å². The van der Waals surface area contributed by atoms with Gasteiger partial charge in [-0.05, 0) is 37.1 Å². The summed E-state index contributed by atoms with van der Waals surface area (Å²) in [6, 6.07) is 4.00. The van der Waals surface area contributed by atoms with Gasteiger partial charge in [-0.3, -0.25) is 9.98 Å². The van der Waals surface area contributed by atoms with E-state index in [0.29, 0.717) is 0 Å². The molecule has 2 aromatic rings. The summed E-state index contributed by atoms with van der Waals surface area (Å²) >= 11 is 0. The van der Waals surface area contributed by atoms with Gasteiger partial charge in [0, 0.05) is 23.8 Å². The maximum absolute atomic E-state index is 5.47. The molecule has 0 spiro atoms. The van der Waals surface area contributed by atoms with Crippen molar-refractivity contribution in [2.75, 3.05) is 25.5 Å². The number of hydrogen-bond donors (Lipinski definition) is 2. The summed E-state index contributed by atoms with van der Waals surface area (Å²) in [4.78, 5) is 8.84. The average Bonchev–Trinajstić information content (AvgIpc) is 2.96. The Kier molecular flexibility index (Phi) is 3.18. The van der Waals surface area contributed by atoms with E-state index >= 15 is 0 Å². The molecule has 1 aromatic carbocycles. The fraction of sp³-hybridized carbons (Fsp3) is 0.333. The second-order valence-corrected chi connectivity index (χ2v) is 4.88. The van der Waals surface area contributed by atoms with E-state index in [1.54, 1.807) is 13.3 Å². The first-order valence-corrected chi connectivity index (χ1v) is 6.69. The Morgan fingerprint density at radius 1 is 1.35 bits per heavy atom. The van der Waals surface area contributed by atoms with Crippen LogP contribution in [0, 0.1) is 13.8 Å². The quantitative estimate of drug-likeness (QED) is 0.878. The monoisotopic (exact) mass is 270 g/mol. The SMILES string of the molecule is COc1ccnc2c(C)cc(NC3=NCCN3)c(C)c12. The molecule has 1 aliphatic rings. The third kappa shape index (κ3) is 2.05. The number of anilines is 1. The molecular formula is C15H18N4O. The Hall–Kier alpha value is -2.30. The van der Waals surface area contributed by atoms with Crippen LogP contribution in [0.4, 0.5) is 5.69 Å². The number of aromatic nitrogens is 1. The molecule has 1 aliphatic heterocycles. The minimum absolute atomic E-state index is 0.818. The average molecular weight is 270 g/mol. The predicted octanol–water partition coefficient (Wildman–Crippen LogP) is 2.23. The number of hydrogen-bond acceptors (Lipinski definition) is 5. The molecule has 1 aromatic heterocycles. The fourth-order valence-corrected chi connectivity index (χ4v) is 2.54. The van der Waals surface area contributed by atoms with Gasteiger partial charge in [0.2, 0.25) is 0 Å². The third-order valence-corrected chi connectivity index (χ3v) is 3.57. The molecule has 0 unspecified atom stereocenters. The number of rotatable bonds is 2. The van der Waals surface area contributed by atoms with Gasteiger partial charge in [0.1, 0.15) is 5.75 Å². The maximum atomic E-state index is 5.47. The smallest absolute Gasteiger partial charge is 0.195 e. The highest BCUT2D eigenvalue weighted by molar-refractivity contribution is 6.00. The summed E-state index contributed by atoms with van der Waals surface area (Å²) < 4.78 is 5.47. The van der Waals surface area contributed by atoms with Crippen LogP contribution in [0.15, 0.2) is 23.3 Å². The molecule has 5 heteroatoms. The van der Waals surface area contributed by atoms with Gasteiger partial charge in [-0.1, -0.05) is 0 Å². The molecule has 0 radical (unpaired) electrons. The minimum Gasteiger partial charge on any atom is -0.496 e. The second-order valence-electron chi connectivity index (χ2n) is 4.88. The van der Waals surface area contributed by atoms with E-state index in [2.05, 4.69) is 40.5 Å². The highest BCUT2D eigenvalue weighted by Gasteiger charge is 2.14. The van der Waals surface area contributed by atoms with Gasteiger partial charge in [0.15, 0.2) is 5.96 Å². The van der Waals surface area contributed by atoms with Crippen LogP contribution in [-0.4, -0.2) is 31.1 Å². The lowest BCUT2D eigenvalue weighted by atomic mass is 10.0. The van der Waals surface area contributed by atoms with Crippen molar-refractivity contribution in [2.24, 2.45) is 4.99 Å². The molecule has 0 atom stereocenters. The highest BCUT2D eigenvalue weighted by atomic mass is 16.5. The van der Waals surface area contributed by atoms with Crippen LogP contribution >= 0.6 is 0 Å². The maximum Gasteiger partial charge on any atom is 0.195 e. The molecule has 3 rings (SSSR count). The zero-order valence-electron chi connectivity index (χ0n) is 11.9. The molecule has 0 bridgehead atoms. The first kappa shape index (κ1) is 12.7. The second kappa shape index (κ2) is 5.00. The molecule has 0 saturated heterocycles. The van der Waals surface area contributed by atoms with Crippen molar-refractivity contribution in [1.82, 2.24) is 10.3 Å². The van der Waals surface area contributed by atoms with Gasteiger partial charge in [-0.25, -0.2) is 0 Å². The minimum atomic E-state index is 0.818. The number of aliphatic imine (C=N–C) groups is 1. The van der Waals surface area contributed by atoms with Crippen molar-refractivity contribution in [1.29, 1.82) is 0 Å². The Labute approximate surface area is 118 Å². The lowest BCUT2D eigenvalue weighted by Crippen LogP contribution is -2.26. The van der Waals surface area contributed by atoms with Crippen molar-refractivity contribution >= 4 is 22.5 Å². The lowest BCUT2D eigenvalue weighted by molar-refractivity contribution is 0.419. The van der Waals surface area contributed by atoms with Gasteiger partial charge in [-0.2, -0.15) is 0 Å². The summed E-state index contributed by atoms with van der Waals surface area (Å²) in [5.74, 6) is 1.68. The van der Waals surface area contributed by atoms with E-state index in [1.165, 1.54) is 0 Å². The van der Waals surface area contributed by atoms with Gasteiger partial charge in [0.25, 0.3) is 0 Å². The Bertz CT molecular complexity index is 694. The summed E-state index contributed by atoms with van der Waals surface area (Å²) in [6.45, 7) is 5.84. The van der Waals surface area contributed by atoms with Crippen LogP contribution in [0.3, 0.4) is 0 Å². The normalized spacial score (nSPS) is 14.1. The number of pyridine rings is 1. The first-order valence-electron chi connectivity index (χ1n) is 6.69. The largest absolute Gasteiger partial charge is 0.496 e. The number of methoxy groups -OCH3 is 1. The topological polar surface area (TPSA) is 58.5 Å². The Balaban J connectivity index is 2.16. The zero-order valence-corrected chi connectivity index (χ0v) is 11.9. The molecule has 0 saturated carbocycles. The van der Waals surface area contributed by atoms with Crippen LogP contribution in [0.5, 0.6) is 5.75 Å². The number of nitrogens with zero attached hydrogens (tertiary/aromatic N) is 2. The molecule has 0 amide bonds. The molecule has 104 valence electrons. The molecule has 5 nitrogen and oxygen atoms in total.